The maximum atomic E-state index is 5.92. The third-order valence-corrected chi connectivity index (χ3v) is 3.70. The van der Waals surface area contributed by atoms with E-state index in [1.165, 1.54) is 17.7 Å². The molecule has 1 saturated heterocycles. The molecule has 17 heavy (non-hydrogen) atoms. The van der Waals surface area contributed by atoms with Gasteiger partial charge in [0.25, 0.3) is 0 Å². The van der Waals surface area contributed by atoms with Crippen LogP contribution in [0.15, 0.2) is 18.2 Å². The Morgan fingerprint density at radius 1 is 1.29 bits per heavy atom. The van der Waals surface area contributed by atoms with Crippen LogP contribution in [0.3, 0.4) is 0 Å². The Bertz CT molecular complexity index is 369. The Kier molecular flexibility index (Phi) is 3.57. The summed E-state index contributed by atoms with van der Waals surface area (Å²) in [7, 11) is 2.22. The van der Waals surface area contributed by atoms with Crippen molar-refractivity contribution < 1.29 is 0 Å². The van der Waals surface area contributed by atoms with Gasteiger partial charge in [0.2, 0.25) is 0 Å². The summed E-state index contributed by atoms with van der Waals surface area (Å²) in [5.74, 6) is 0. The van der Waals surface area contributed by atoms with E-state index in [1.54, 1.807) is 0 Å². The summed E-state index contributed by atoms with van der Waals surface area (Å²) >= 11 is 0. The molecule has 3 nitrogen and oxygen atoms in total. The molecule has 0 aromatic heterocycles. The fraction of sp³-hybridized carbons (Fsp3) is 0.571. The molecule has 0 amide bonds. The van der Waals surface area contributed by atoms with Crippen molar-refractivity contribution in [3.05, 3.63) is 23.8 Å². The molecular weight excluding hydrogens is 210 g/mol. The molecule has 1 unspecified atom stereocenters. The van der Waals surface area contributed by atoms with Crippen LogP contribution in [0, 0.1) is 6.92 Å². The van der Waals surface area contributed by atoms with Crippen molar-refractivity contribution in [2.45, 2.75) is 26.3 Å². The maximum Gasteiger partial charge on any atom is 0.0390 e. The fourth-order valence-electron chi connectivity index (χ4n) is 2.60. The molecule has 3 heteroatoms. The minimum Gasteiger partial charge on any atom is -0.399 e. The number of anilines is 2. The number of nitrogens with two attached hydrogens (primary N) is 1. The Balaban J connectivity index is 2.17. The quantitative estimate of drug-likeness (QED) is 0.794. The van der Waals surface area contributed by atoms with Gasteiger partial charge in [-0.25, -0.2) is 0 Å². The highest BCUT2D eigenvalue weighted by Gasteiger charge is 2.23. The van der Waals surface area contributed by atoms with Crippen LogP contribution in [0.4, 0.5) is 11.4 Å². The standard InChI is InChI=1S/C14H23N3/c1-4-13-10-17(6-5-16(13)3)14-8-11(2)7-12(15)9-14/h7-9,13H,4-6,10,15H2,1-3H3. The first-order valence-electron chi connectivity index (χ1n) is 6.42. The van der Waals surface area contributed by atoms with Gasteiger partial charge in [0.05, 0.1) is 0 Å². The molecule has 2 N–H and O–H groups in total. The second-order valence-electron chi connectivity index (χ2n) is 5.09. The molecule has 1 aromatic rings. The third kappa shape index (κ3) is 2.72. The summed E-state index contributed by atoms with van der Waals surface area (Å²) in [6.07, 6.45) is 1.20. The van der Waals surface area contributed by atoms with Crippen LogP contribution in [-0.2, 0) is 0 Å². The van der Waals surface area contributed by atoms with Gasteiger partial charge < -0.3 is 10.6 Å². The molecule has 0 radical (unpaired) electrons. The van der Waals surface area contributed by atoms with E-state index in [0.717, 1.165) is 25.3 Å². The second kappa shape index (κ2) is 4.96. The zero-order valence-corrected chi connectivity index (χ0v) is 11.1. The zero-order chi connectivity index (χ0) is 12.4. The molecular formula is C14H23N3. The van der Waals surface area contributed by atoms with Gasteiger partial charge in [0.1, 0.15) is 0 Å². The zero-order valence-electron chi connectivity index (χ0n) is 11.1. The fourth-order valence-corrected chi connectivity index (χ4v) is 2.60. The van der Waals surface area contributed by atoms with E-state index in [9.17, 15) is 0 Å². The lowest BCUT2D eigenvalue weighted by Crippen LogP contribution is -2.51. The topological polar surface area (TPSA) is 32.5 Å². The van der Waals surface area contributed by atoms with Gasteiger partial charge in [-0.15, -0.1) is 0 Å². The Hall–Kier alpha value is -1.22. The summed E-state index contributed by atoms with van der Waals surface area (Å²) in [6.45, 7) is 7.70. The molecule has 0 spiro atoms. The Morgan fingerprint density at radius 3 is 2.71 bits per heavy atom. The first-order valence-corrected chi connectivity index (χ1v) is 6.42. The second-order valence-corrected chi connectivity index (χ2v) is 5.09. The van der Waals surface area contributed by atoms with Crippen molar-refractivity contribution in [2.75, 3.05) is 37.3 Å². The predicted octanol–water partition coefficient (Wildman–Crippen LogP) is 2.11. The third-order valence-electron chi connectivity index (χ3n) is 3.70. The number of likely N-dealkylation sites (N-methyl/N-ethyl adjacent to an activating group) is 1. The van der Waals surface area contributed by atoms with Crippen LogP contribution in [0.25, 0.3) is 0 Å². The summed E-state index contributed by atoms with van der Waals surface area (Å²) in [4.78, 5) is 4.91. The van der Waals surface area contributed by atoms with Crippen molar-refractivity contribution in [1.29, 1.82) is 0 Å². The van der Waals surface area contributed by atoms with Gasteiger partial charge in [0, 0.05) is 37.1 Å². The average Bonchev–Trinajstić information content (AvgIpc) is 2.28. The SMILES string of the molecule is CCC1CN(c2cc(C)cc(N)c2)CCN1C. The van der Waals surface area contributed by atoms with E-state index in [1.807, 2.05) is 6.07 Å². The van der Waals surface area contributed by atoms with E-state index < -0.39 is 0 Å². The van der Waals surface area contributed by atoms with E-state index in [4.69, 9.17) is 5.73 Å². The summed E-state index contributed by atoms with van der Waals surface area (Å²) in [5.41, 5.74) is 9.31. The van der Waals surface area contributed by atoms with Crippen molar-refractivity contribution in [3.63, 3.8) is 0 Å². The van der Waals surface area contributed by atoms with E-state index >= 15 is 0 Å². The molecule has 1 fully saturated rings. The molecule has 1 heterocycles. The van der Waals surface area contributed by atoms with E-state index in [-0.39, 0.29) is 0 Å². The van der Waals surface area contributed by atoms with Crippen LogP contribution >= 0.6 is 0 Å². The molecule has 0 saturated carbocycles. The molecule has 0 aliphatic carbocycles. The van der Waals surface area contributed by atoms with E-state index in [2.05, 4.69) is 42.8 Å². The molecule has 1 atom stereocenters. The normalized spacial score (nSPS) is 21.8. The monoisotopic (exact) mass is 233 g/mol. The van der Waals surface area contributed by atoms with Crippen LogP contribution in [0.5, 0.6) is 0 Å². The summed E-state index contributed by atoms with van der Waals surface area (Å²) < 4.78 is 0. The van der Waals surface area contributed by atoms with Gasteiger partial charge in [-0.3, -0.25) is 4.90 Å². The number of nitrogens with zero attached hydrogens (tertiary/aromatic N) is 2. The lowest BCUT2D eigenvalue weighted by molar-refractivity contribution is 0.213. The van der Waals surface area contributed by atoms with Crippen LogP contribution in [0.1, 0.15) is 18.9 Å². The van der Waals surface area contributed by atoms with Crippen LogP contribution in [-0.4, -0.2) is 37.6 Å². The highest BCUT2D eigenvalue weighted by Crippen LogP contribution is 2.23. The largest absolute Gasteiger partial charge is 0.399 e. The lowest BCUT2D eigenvalue weighted by atomic mass is 10.1. The minimum atomic E-state index is 0.658. The molecule has 0 bridgehead atoms. The highest BCUT2D eigenvalue weighted by atomic mass is 15.3. The summed E-state index contributed by atoms with van der Waals surface area (Å²) in [6, 6.07) is 7.00. The summed E-state index contributed by atoms with van der Waals surface area (Å²) in [5, 5.41) is 0. The van der Waals surface area contributed by atoms with Gasteiger partial charge in [-0.05, 0) is 44.2 Å². The van der Waals surface area contributed by atoms with Crippen molar-refractivity contribution in [2.24, 2.45) is 0 Å². The average molecular weight is 233 g/mol. The molecule has 1 aliphatic heterocycles. The van der Waals surface area contributed by atoms with Gasteiger partial charge in [-0.1, -0.05) is 6.92 Å². The first kappa shape index (κ1) is 12.2. The lowest BCUT2D eigenvalue weighted by Gasteiger charge is -2.40. The number of hydrogen-bond acceptors (Lipinski definition) is 3. The van der Waals surface area contributed by atoms with Crippen molar-refractivity contribution >= 4 is 11.4 Å². The molecule has 1 aromatic carbocycles. The first-order chi connectivity index (χ1) is 8.10. The van der Waals surface area contributed by atoms with Crippen molar-refractivity contribution in [1.82, 2.24) is 4.90 Å². The van der Waals surface area contributed by atoms with Crippen LogP contribution < -0.4 is 10.6 Å². The van der Waals surface area contributed by atoms with Gasteiger partial charge in [-0.2, -0.15) is 0 Å². The maximum absolute atomic E-state index is 5.92. The predicted molar refractivity (Wildman–Crippen MR) is 74.5 cm³/mol. The number of rotatable bonds is 2. The molecule has 94 valence electrons. The Morgan fingerprint density at radius 2 is 2.06 bits per heavy atom. The molecule has 1 aliphatic rings. The Labute approximate surface area is 104 Å². The number of aryl methyl sites for hydroxylation is 1. The van der Waals surface area contributed by atoms with Gasteiger partial charge in [0.15, 0.2) is 0 Å². The number of nitrogen functional groups attached to an aromatic ring is 1. The smallest absolute Gasteiger partial charge is 0.0390 e. The minimum absolute atomic E-state index is 0.658. The van der Waals surface area contributed by atoms with Crippen LogP contribution in [0.2, 0.25) is 0 Å². The van der Waals surface area contributed by atoms with Gasteiger partial charge >= 0.3 is 0 Å². The molecule has 2 rings (SSSR count). The number of piperazine rings is 1. The van der Waals surface area contributed by atoms with E-state index in [0.29, 0.717) is 6.04 Å². The number of hydrogen-bond donors (Lipinski definition) is 1. The highest BCUT2D eigenvalue weighted by molar-refractivity contribution is 5.58. The van der Waals surface area contributed by atoms with Crippen molar-refractivity contribution in [3.8, 4) is 0 Å². The number of benzene rings is 1.